The van der Waals surface area contributed by atoms with Crippen LogP contribution in [0, 0.1) is 0 Å². The first kappa shape index (κ1) is 10.4. The van der Waals surface area contributed by atoms with Gasteiger partial charge in [0.05, 0.1) is 6.26 Å². The van der Waals surface area contributed by atoms with E-state index in [1.165, 1.54) is 0 Å². The van der Waals surface area contributed by atoms with Gasteiger partial charge in [0.1, 0.15) is 5.76 Å². The zero-order chi connectivity index (χ0) is 11.9. The van der Waals surface area contributed by atoms with E-state index >= 15 is 0 Å². The Morgan fingerprint density at radius 3 is 3.18 bits per heavy atom. The van der Waals surface area contributed by atoms with Crippen LogP contribution < -0.4 is 0 Å². The van der Waals surface area contributed by atoms with E-state index in [1.807, 2.05) is 36.3 Å². The first-order chi connectivity index (χ1) is 8.24. The Bertz CT molecular complexity index is 496. The van der Waals surface area contributed by atoms with Crippen LogP contribution >= 0.6 is 0 Å². The molecule has 3 aliphatic heterocycles. The number of hydrogen-bond donors (Lipinski definition) is 1. The maximum absolute atomic E-state index is 10.6. The largest absolute Gasteiger partial charge is 0.464 e. The molecule has 3 heterocycles. The summed E-state index contributed by atoms with van der Waals surface area (Å²) < 4.78 is 5.56. The first-order valence-electron chi connectivity index (χ1n) is 5.89. The molecular weight excluding hydrogens is 214 g/mol. The second-order valence-corrected chi connectivity index (χ2v) is 4.37. The molecule has 0 spiro atoms. The summed E-state index contributed by atoms with van der Waals surface area (Å²) in [6.07, 6.45) is 14.7. The SMILES string of the molecule is CCC1(O)C=C2OC=CC=CC2=C2CC=CN21. The number of nitrogens with zero attached hydrogens (tertiary/aromatic N) is 1. The highest BCUT2D eigenvalue weighted by molar-refractivity contribution is 5.49. The Morgan fingerprint density at radius 2 is 2.35 bits per heavy atom. The minimum atomic E-state index is -0.965. The molecule has 0 saturated heterocycles. The van der Waals surface area contributed by atoms with Crippen molar-refractivity contribution in [1.29, 1.82) is 0 Å². The molecule has 17 heavy (non-hydrogen) atoms. The van der Waals surface area contributed by atoms with Crippen molar-refractivity contribution in [2.24, 2.45) is 0 Å². The molecule has 0 aromatic carbocycles. The molecule has 3 nitrogen and oxygen atoms in total. The number of hydrogen-bond acceptors (Lipinski definition) is 3. The van der Waals surface area contributed by atoms with Gasteiger partial charge in [0.15, 0.2) is 5.72 Å². The highest BCUT2D eigenvalue weighted by Crippen LogP contribution is 2.40. The molecule has 0 amide bonds. The Morgan fingerprint density at radius 1 is 1.47 bits per heavy atom. The van der Waals surface area contributed by atoms with Crippen molar-refractivity contribution in [3.05, 3.63) is 59.9 Å². The minimum Gasteiger partial charge on any atom is -0.464 e. The maximum atomic E-state index is 10.6. The molecule has 0 saturated carbocycles. The van der Waals surface area contributed by atoms with Gasteiger partial charge in [-0.3, -0.25) is 0 Å². The summed E-state index contributed by atoms with van der Waals surface area (Å²) in [5.41, 5.74) is 1.19. The summed E-state index contributed by atoms with van der Waals surface area (Å²) in [5.74, 6) is 0.745. The normalized spacial score (nSPS) is 29.8. The van der Waals surface area contributed by atoms with Gasteiger partial charge in [-0.25, -0.2) is 0 Å². The molecule has 0 aromatic heterocycles. The predicted octanol–water partition coefficient (Wildman–Crippen LogP) is 2.56. The van der Waals surface area contributed by atoms with Gasteiger partial charge < -0.3 is 14.7 Å². The summed E-state index contributed by atoms with van der Waals surface area (Å²) in [5, 5.41) is 10.6. The third-order valence-corrected chi connectivity index (χ3v) is 3.38. The van der Waals surface area contributed by atoms with E-state index in [4.69, 9.17) is 4.74 Å². The van der Waals surface area contributed by atoms with Crippen molar-refractivity contribution in [2.45, 2.75) is 25.5 Å². The zero-order valence-electron chi connectivity index (χ0n) is 9.76. The van der Waals surface area contributed by atoms with Gasteiger partial charge in [-0.1, -0.05) is 19.1 Å². The number of aliphatic hydroxyl groups is 1. The average molecular weight is 229 g/mol. The molecule has 3 heteroatoms. The van der Waals surface area contributed by atoms with Crippen LogP contribution in [0.1, 0.15) is 19.8 Å². The van der Waals surface area contributed by atoms with Crippen molar-refractivity contribution in [2.75, 3.05) is 0 Å². The Labute approximate surface area is 101 Å². The molecule has 1 atom stereocenters. The fourth-order valence-electron chi connectivity index (χ4n) is 2.42. The second-order valence-electron chi connectivity index (χ2n) is 4.37. The van der Waals surface area contributed by atoms with Gasteiger partial charge in [-0.2, -0.15) is 0 Å². The molecule has 1 unspecified atom stereocenters. The van der Waals surface area contributed by atoms with Crippen LogP contribution in [-0.4, -0.2) is 15.7 Å². The fraction of sp³-hybridized carbons (Fsp3) is 0.286. The van der Waals surface area contributed by atoms with E-state index in [0.29, 0.717) is 6.42 Å². The van der Waals surface area contributed by atoms with Crippen molar-refractivity contribution in [3.63, 3.8) is 0 Å². The molecule has 0 radical (unpaired) electrons. The molecule has 88 valence electrons. The molecule has 0 aromatic rings. The number of ether oxygens (including phenoxy) is 1. The summed E-state index contributed by atoms with van der Waals surface area (Å²) in [4.78, 5) is 1.94. The van der Waals surface area contributed by atoms with Gasteiger partial charge in [0.2, 0.25) is 0 Å². The monoisotopic (exact) mass is 229 g/mol. The topological polar surface area (TPSA) is 32.7 Å². The van der Waals surface area contributed by atoms with Gasteiger partial charge in [0, 0.05) is 30.0 Å². The zero-order valence-corrected chi connectivity index (χ0v) is 9.76. The lowest BCUT2D eigenvalue weighted by Crippen LogP contribution is -2.44. The molecule has 1 N–H and O–H groups in total. The fourth-order valence-corrected chi connectivity index (χ4v) is 2.42. The molecule has 0 fully saturated rings. The maximum Gasteiger partial charge on any atom is 0.164 e. The van der Waals surface area contributed by atoms with Gasteiger partial charge in [0.25, 0.3) is 0 Å². The summed E-state index contributed by atoms with van der Waals surface area (Å²) in [6.45, 7) is 1.97. The van der Waals surface area contributed by atoms with Crippen LogP contribution in [0.25, 0.3) is 0 Å². The van der Waals surface area contributed by atoms with Gasteiger partial charge in [-0.15, -0.1) is 0 Å². The van der Waals surface area contributed by atoms with Crippen LogP contribution in [0.5, 0.6) is 0 Å². The van der Waals surface area contributed by atoms with Gasteiger partial charge in [-0.05, 0) is 18.6 Å². The Kier molecular flexibility index (Phi) is 2.23. The van der Waals surface area contributed by atoms with Crippen molar-refractivity contribution < 1.29 is 9.84 Å². The van der Waals surface area contributed by atoms with Crippen LogP contribution in [0.15, 0.2) is 59.9 Å². The van der Waals surface area contributed by atoms with E-state index in [2.05, 4.69) is 6.08 Å². The highest BCUT2D eigenvalue weighted by Gasteiger charge is 2.39. The number of rotatable bonds is 1. The van der Waals surface area contributed by atoms with Crippen molar-refractivity contribution in [3.8, 4) is 0 Å². The predicted molar refractivity (Wildman–Crippen MR) is 65.3 cm³/mol. The van der Waals surface area contributed by atoms with Crippen LogP contribution in [0.2, 0.25) is 0 Å². The first-order valence-corrected chi connectivity index (χ1v) is 5.89. The third-order valence-electron chi connectivity index (χ3n) is 3.38. The molecular formula is C14H15NO2. The van der Waals surface area contributed by atoms with E-state index in [-0.39, 0.29) is 0 Å². The summed E-state index contributed by atoms with van der Waals surface area (Å²) in [7, 11) is 0. The molecule has 3 aliphatic rings. The summed E-state index contributed by atoms with van der Waals surface area (Å²) >= 11 is 0. The number of fused-ring (bicyclic) bond motifs is 2. The van der Waals surface area contributed by atoms with E-state index in [1.54, 1.807) is 12.3 Å². The average Bonchev–Trinajstić information content (AvgIpc) is 2.72. The third kappa shape index (κ3) is 1.46. The molecule has 0 bridgehead atoms. The molecule has 3 rings (SSSR count). The number of allylic oxidation sites excluding steroid dienone is 4. The van der Waals surface area contributed by atoms with E-state index in [9.17, 15) is 5.11 Å². The van der Waals surface area contributed by atoms with Crippen LogP contribution in [0.3, 0.4) is 0 Å². The van der Waals surface area contributed by atoms with E-state index in [0.717, 1.165) is 23.5 Å². The summed E-state index contributed by atoms with van der Waals surface area (Å²) in [6, 6.07) is 0. The Hall–Kier alpha value is -1.74. The van der Waals surface area contributed by atoms with Crippen molar-refractivity contribution in [1.82, 2.24) is 4.90 Å². The lowest BCUT2D eigenvalue weighted by Gasteiger charge is -2.39. The molecule has 0 aliphatic carbocycles. The minimum absolute atomic E-state index is 0.619. The second kappa shape index (κ2) is 3.64. The lowest BCUT2D eigenvalue weighted by molar-refractivity contribution is -0.0272. The van der Waals surface area contributed by atoms with Crippen LogP contribution in [-0.2, 0) is 4.74 Å². The quantitative estimate of drug-likeness (QED) is 0.750. The lowest BCUT2D eigenvalue weighted by atomic mass is 9.97. The van der Waals surface area contributed by atoms with Gasteiger partial charge >= 0.3 is 0 Å². The Balaban J connectivity index is 2.15. The van der Waals surface area contributed by atoms with Crippen LogP contribution in [0.4, 0.5) is 0 Å². The van der Waals surface area contributed by atoms with Crippen molar-refractivity contribution >= 4 is 0 Å². The standard InChI is InChI=1S/C14H15NO2/c1-2-14(16)10-13-11(6-3-4-9-17-13)12-7-5-8-15(12)14/h3-6,8-10,16H,2,7H2,1H3. The van der Waals surface area contributed by atoms with E-state index < -0.39 is 5.72 Å². The smallest absolute Gasteiger partial charge is 0.164 e. The highest BCUT2D eigenvalue weighted by atomic mass is 16.5.